The van der Waals surface area contributed by atoms with Crippen LogP contribution in [0, 0.1) is 10.5 Å². The van der Waals surface area contributed by atoms with E-state index in [0.717, 1.165) is 14.7 Å². The molecule has 0 radical (unpaired) electrons. The quantitative estimate of drug-likeness (QED) is 0.778. The molecule has 0 saturated heterocycles. The molecule has 98 valence electrons. The molecule has 0 aliphatic heterocycles. The van der Waals surface area contributed by atoms with Crippen molar-refractivity contribution in [1.29, 1.82) is 0 Å². The van der Waals surface area contributed by atoms with E-state index >= 15 is 0 Å². The highest BCUT2D eigenvalue weighted by molar-refractivity contribution is 14.1. The first-order chi connectivity index (χ1) is 9.04. The fourth-order valence-corrected chi connectivity index (χ4v) is 2.70. The molecule has 2 rings (SSSR count). The Bertz CT molecular complexity index is 613. The fraction of sp³-hybridized carbons (Fsp3) is 0.133. The molecule has 0 fully saturated rings. The van der Waals surface area contributed by atoms with Crippen LogP contribution in [-0.2, 0) is 11.2 Å². The summed E-state index contributed by atoms with van der Waals surface area (Å²) in [5.74, 6) is -0.0614. The third kappa shape index (κ3) is 4.21. The molecule has 0 saturated carbocycles. The molecule has 2 nitrogen and oxygen atoms in total. The maximum Gasteiger partial charge on any atom is 0.228 e. The van der Waals surface area contributed by atoms with Crippen LogP contribution >= 0.6 is 34.2 Å². The third-order valence-electron chi connectivity index (χ3n) is 2.65. The zero-order valence-electron chi connectivity index (χ0n) is 10.4. The van der Waals surface area contributed by atoms with Crippen molar-refractivity contribution in [3.05, 3.63) is 62.2 Å². The van der Waals surface area contributed by atoms with Gasteiger partial charge < -0.3 is 5.32 Å². The van der Waals surface area contributed by atoms with Gasteiger partial charge in [-0.1, -0.05) is 41.4 Å². The number of halogens is 2. The molecule has 1 amide bonds. The largest absolute Gasteiger partial charge is 0.324 e. The molecular formula is C15H13ClINO. The smallest absolute Gasteiger partial charge is 0.228 e. The van der Waals surface area contributed by atoms with E-state index < -0.39 is 0 Å². The van der Waals surface area contributed by atoms with Gasteiger partial charge in [0.1, 0.15) is 0 Å². The van der Waals surface area contributed by atoms with E-state index in [1.807, 2.05) is 49.4 Å². The minimum Gasteiger partial charge on any atom is -0.324 e. The number of hydrogen-bond acceptors (Lipinski definition) is 1. The molecule has 4 heteroatoms. The predicted molar refractivity (Wildman–Crippen MR) is 87.7 cm³/mol. The molecule has 0 aliphatic rings. The lowest BCUT2D eigenvalue weighted by molar-refractivity contribution is -0.115. The number of rotatable bonds is 3. The molecule has 0 spiro atoms. The van der Waals surface area contributed by atoms with E-state index in [2.05, 4.69) is 27.9 Å². The summed E-state index contributed by atoms with van der Waals surface area (Å²) in [4.78, 5) is 12.0. The van der Waals surface area contributed by atoms with Gasteiger partial charge in [0.25, 0.3) is 0 Å². The molecule has 0 unspecified atom stereocenters. The lowest BCUT2D eigenvalue weighted by Gasteiger charge is -2.08. The van der Waals surface area contributed by atoms with Crippen LogP contribution in [0.5, 0.6) is 0 Å². The number of carbonyl (C=O) groups is 1. The monoisotopic (exact) mass is 385 g/mol. The summed E-state index contributed by atoms with van der Waals surface area (Å²) in [6.45, 7) is 2.01. The minimum atomic E-state index is -0.0614. The standard InChI is InChI=1S/C15H13ClINO/c1-10-3-2-4-11(7-10)8-15(19)18-14-6-5-12(17)9-13(14)16/h2-7,9H,8H2,1H3,(H,18,19). The van der Waals surface area contributed by atoms with Gasteiger partial charge in [-0.05, 0) is 53.3 Å². The maximum atomic E-state index is 12.0. The van der Waals surface area contributed by atoms with Crippen molar-refractivity contribution in [2.75, 3.05) is 5.32 Å². The summed E-state index contributed by atoms with van der Waals surface area (Å²) in [6, 6.07) is 13.5. The van der Waals surface area contributed by atoms with Gasteiger partial charge >= 0.3 is 0 Å². The second-order valence-corrected chi connectivity index (χ2v) is 5.99. The molecule has 1 N–H and O–H groups in total. The van der Waals surface area contributed by atoms with Crippen molar-refractivity contribution in [1.82, 2.24) is 0 Å². The Hall–Kier alpha value is -1.07. The van der Waals surface area contributed by atoms with Gasteiger partial charge in [-0.25, -0.2) is 0 Å². The minimum absolute atomic E-state index is 0.0614. The summed E-state index contributed by atoms with van der Waals surface area (Å²) in [7, 11) is 0. The van der Waals surface area contributed by atoms with Crippen molar-refractivity contribution < 1.29 is 4.79 Å². The summed E-state index contributed by atoms with van der Waals surface area (Å²) in [5.41, 5.74) is 2.80. The Kier molecular flexibility index (Phi) is 4.82. The second-order valence-electron chi connectivity index (χ2n) is 4.34. The first-order valence-corrected chi connectivity index (χ1v) is 7.31. The number of nitrogens with one attached hydrogen (secondary N) is 1. The van der Waals surface area contributed by atoms with E-state index in [9.17, 15) is 4.79 Å². The molecule has 0 aromatic heterocycles. The zero-order chi connectivity index (χ0) is 13.8. The van der Waals surface area contributed by atoms with Gasteiger partial charge in [-0.2, -0.15) is 0 Å². The first-order valence-electron chi connectivity index (χ1n) is 5.85. The van der Waals surface area contributed by atoms with Crippen LogP contribution in [0.25, 0.3) is 0 Å². The summed E-state index contributed by atoms with van der Waals surface area (Å²) in [6.07, 6.45) is 0.351. The van der Waals surface area contributed by atoms with Crippen LogP contribution in [0.15, 0.2) is 42.5 Å². The summed E-state index contributed by atoms with van der Waals surface area (Å²) in [5, 5.41) is 3.39. The topological polar surface area (TPSA) is 29.1 Å². The van der Waals surface area contributed by atoms with Crippen molar-refractivity contribution in [3.63, 3.8) is 0 Å². The van der Waals surface area contributed by atoms with Crippen molar-refractivity contribution in [3.8, 4) is 0 Å². The van der Waals surface area contributed by atoms with Gasteiger partial charge in [-0.3, -0.25) is 4.79 Å². The third-order valence-corrected chi connectivity index (χ3v) is 3.64. The van der Waals surface area contributed by atoms with E-state index in [1.165, 1.54) is 0 Å². The molecule has 2 aromatic rings. The molecule has 0 aliphatic carbocycles. The Morgan fingerprint density at radius 1 is 1.26 bits per heavy atom. The Morgan fingerprint density at radius 3 is 2.74 bits per heavy atom. The summed E-state index contributed by atoms with van der Waals surface area (Å²) < 4.78 is 1.04. The van der Waals surface area contributed by atoms with Gasteiger partial charge in [-0.15, -0.1) is 0 Å². The van der Waals surface area contributed by atoms with Gasteiger partial charge in [0.15, 0.2) is 0 Å². The Labute approximate surface area is 131 Å². The van der Waals surface area contributed by atoms with Crippen molar-refractivity contribution >= 4 is 45.8 Å². The van der Waals surface area contributed by atoms with Crippen molar-refractivity contribution in [2.45, 2.75) is 13.3 Å². The fourth-order valence-electron chi connectivity index (χ4n) is 1.79. The van der Waals surface area contributed by atoms with E-state index in [-0.39, 0.29) is 5.91 Å². The molecule has 0 atom stereocenters. The number of benzene rings is 2. The normalized spacial score (nSPS) is 10.3. The lowest BCUT2D eigenvalue weighted by Crippen LogP contribution is -2.14. The Balaban J connectivity index is 2.05. The van der Waals surface area contributed by atoms with E-state index in [4.69, 9.17) is 11.6 Å². The summed E-state index contributed by atoms with van der Waals surface area (Å²) >= 11 is 8.26. The van der Waals surface area contributed by atoms with Crippen LogP contribution < -0.4 is 5.32 Å². The molecule has 0 bridgehead atoms. The van der Waals surface area contributed by atoms with Gasteiger partial charge in [0, 0.05) is 3.57 Å². The zero-order valence-corrected chi connectivity index (χ0v) is 13.3. The van der Waals surface area contributed by atoms with Crippen LogP contribution in [0.4, 0.5) is 5.69 Å². The van der Waals surface area contributed by atoms with E-state index in [1.54, 1.807) is 0 Å². The molecule has 2 aromatic carbocycles. The average Bonchev–Trinajstić information content (AvgIpc) is 2.33. The maximum absolute atomic E-state index is 12.0. The number of anilines is 1. The number of carbonyl (C=O) groups excluding carboxylic acids is 1. The molecule has 0 heterocycles. The SMILES string of the molecule is Cc1cccc(CC(=O)Nc2ccc(I)cc2Cl)c1. The predicted octanol–water partition coefficient (Wildman–Crippen LogP) is 4.43. The van der Waals surface area contributed by atoms with Gasteiger partial charge in [0.05, 0.1) is 17.1 Å². The lowest BCUT2D eigenvalue weighted by atomic mass is 10.1. The average molecular weight is 386 g/mol. The highest BCUT2D eigenvalue weighted by Gasteiger charge is 2.07. The Morgan fingerprint density at radius 2 is 2.05 bits per heavy atom. The number of aryl methyl sites for hydroxylation is 1. The number of amides is 1. The highest BCUT2D eigenvalue weighted by Crippen LogP contribution is 2.24. The van der Waals surface area contributed by atoms with Crippen LogP contribution in [0.3, 0.4) is 0 Å². The van der Waals surface area contributed by atoms with E-state index in [0.29, 0.717) is 17.1 Å². The van der Waals surface area contributed by atoms with Crippen molar-refractivity contribution in [2.24, 2.45) is 0 Å². The number of hydrogen-bond donors (Lipinski definition) is 1. The second kappa shape index (κ2) is 6.39. The van der Waals surface area contributed by atoms with Gasteiger partial charge in [0.2, 0.25) is 5.91 Å². The highest BCUT2D eigenvalue weighted by atomic mass is 127. The first kappa shape index (κ1) is 14.3. The molecule has 19 heavy (non-hydrogen) atoms. The van der Waals surface area contributed by atoms with Crippen LogP contribution in [0.1, 0.15) is 11.1 Å². The van der Waals surface area contributed by atoms with Crippen LogP contribution in [0.2, 0.25) is 5.02 Å². The van der Waals surface area contributed by atoms with Crippen LogP contribution in [-0.4, -0.2) is 5.91 Å². The molecular weight excluding hydrogens is 373 g/mol.